The van der Waals surface area contributed by atoms with Crippen molar-refractivity contribution in [2.75, 3.05) is 33.9 Å². The van der Waals surface area contributed by atoms with Crippen LogP contribution in [0.3, 0.4) is 0 Å². The van der Waals surface area contributed by atoms with Gasteiger partial charge in [0, 0.05) is 32.1 Å². The van der Waals surface area contributed by atoms with Gasteiger partial charge in [-0.1, -0.05) is 19.0 Å². The summed E-state index contributed by atoms with van der Waals surface area (Å²) in [6.07, 6.45) is 2.63. The molecule has 1 N–H and O–H groups in total. The third-order valence-corrected chi connectivity index (χ3v) is 5.17. The van der Waals surface area contributed by atoms with Gasteiger partial charge in [0.25, 0.3) is 5.91 Å². The molecule has 0 saturated heterocycles. The summed E-state index contributed by atoms with van der Waals surface area (Å²) >= 11 is 0. The van der Waals surface area contributed by atoms with Crippen LogP contribution in [0.5, 0.6) is 11.5 Å². The van der Waals surface area contributed by atoms with E-state index in [0.29, 0.717) is 41.8 Å². The molecule has 0 radical (unpaired) electrons. The highest BCUT2D eigenvalue weighted by molar-refractivity contribution is 5.93. The van der Waals surface area contributed by atoms with Crippen LogP contribution in [0.25, 0.3) is 11.3 Å². The first kappa shape index (κ1) is 22.7. The molecule has 1 aromatic carbocycles. The summed E-state index contributed by atoms with van der Waals surface area (Å²) in [7, 11) is 3.14. The van der Waals surface area contributed by atoms with Gasteiger partial charge in [0.05, 0.1) is 19.8 Å². The predicted molar refractivity (Wildman–Crippen MR) is 116 cm³/mol. The molecule has 0 aliphatic heterocycles. The zero-order valence-electron chi connectivity index (χ0n) is 18.6. The third-order valence-electron chi connectivity index (χ3n) is 5.17. The van der Waals surface area contributed by atoms with E-state index in [-0.39, 0.29) is 29.8 Å². The number of rotatable bonds is 11. The largest absolute Gasteiger partial charge is 0.497 e. The van der Waals surface area contributed by atoms with Gasteiger partial charge in [-0.2, -0.15) is 0 Å². The minimum atomic E-state index is -0.263. The Balaban J connectivity index is 1.71. The number of methoxy groups -OCH3 is 2. The lowest BCUT2D eigenvalue weighted by Gasteiger charge is -2.23. The second-order valence-corrected chi connectivity index (χ2v) is 8.29. The van der Waals surface area contributed by atoms with E-state index in [4.69, 9.17) is 14.0 Å². The zero-order valence-corrected chi connectivity index (χ0v) is 18.6. The van der Waals surface area contributed by atoms with Crippen LogP contribution in [0.1, 0.15) is 43.6 Å². The van der Waals surface area contributed by atoms with Crippen molar-refractivity contribution < 1.29 is 23.6 Å². The fourth-order valence-electron chi connectivity index (χ4n) is 3.29. The number of benzene rings is 1. The average Bonchev–Trinajstić information content (AvgIpc) is 3.47. The van der Waals surface area contributed by atoms with Crippen molar-refractivity contribution in [2.24, 2.45) is 11.8 Å². The van der Waals surface area contributed by atoms with Crippen molar-refractivity contribution >= 4 is 11.8 Å². The summed E-state index contributed by atoms with van der Waals surface area (Å²) in [6, 6.07) is 6.91. The Hall–Kier alpha value is -3.03. The fraction of sp³-hybridized carbons (Fsp3) is 0.522. The highest BCUT2D eigenvalue weighted by Gasteiger charge is 2.24. The molecule has 3 rings (SSSR count). The molecule has 8 heteroatoms. The highest BCUT2D eigenvalue weighted by atomic mass is 16.5. The van der Waals surface area contributed by atoms with Crippen LogP contribution in [-0.4, -0.2) is 55.7 Å². The second-order valence-electron chi connectivity index (χ2n) is 8.29. The maximum Gasteiger partial charge on any atom is 0.276 e. The SMILES string of the molecule is COc1ccc(OC)c(-c2cc(C(=O)N(CCC(=O)NCC3CC3)CC(C)C)no2)c1. The van der Waals surface area contributed by atoms with E-state index in [1.807, 2.05) is 13.8 Å². The van der Waals surface area contributed by atoms with Gasteiger partial charge < -0.3 is 24.2 Å². The minimum Gasteiger partial charge on any atom is -0.497 e. The molecule has 0 atom stereocenters. The van der Waals surface area contributed by atoms with Gasteiger partial charge in [0.2, 0.25) is 5.91 Å². The predicted octanol–water partition coefficient (Wildman–Crippen LogP) is 3.37. The van der Waals surface area contributed by atoms with Crippen LogP contribution in [-0.2, 0) is 4.79 Å². The Labute approximate surface area is 182 Å². The molecule has 0 unspecified atom stereocenters. The lowest BCUT2D eigenvalue weighted by molar-refractivity contribution is -0.121. The summed E-state index contributed by atoms with van der Waals surface area (Å²) in [5, 5.41) is 6.93. The van der Waals surface area contributed by atoms with E-state index in [9.17, 15) is 9.59 Å². The molecular weight excluding hydrogens is 398 g/mol. The second kappa shape index (κ2) is 10.3. The lowest BCUT2D eigenvalue weighted by Crippen LogP contribution is -2.38. The summed E-state index contributed by atoms with van der Waals surface area (Å²) in [6.45, 7) is 5.65. The third kappa shape index (κ3) is 6.23. The molecule has 1 heterocycles. The van der Waals surface area contributed by atoms with E-state index in [1.165, 1.54) is 12.8 Å². The van der Waals surface area contributed by atoms with Crippen LogP contribution in [0.15, 0.2) is 28.8 Å². The first-order valence-corrected chi connectivity index (χ1v) is 10.7. The molecule has 1 fully saturated rings. The molecule has 1 aromatic heterocycles. The number of aromatic nitrogens is 1. The van der Waals surface area contributed by atoms with Crippen molar-refractivity contribution in [1.29, 1.82) is 0 Å². The number of ether oxygens (including phenoxy) is 2. The van der Waals surface area contributed by atoms with E-state index < -0.39 is 0 Å². The van der Waals surface area contributed by atoms with Crippen molar-refractivity contribution in [3.63, 3.8) is 0 Å². The molecule has 8 nitrogen and oxygen atoms in total. The van der Waals surface area contributed by atoms with Crippen LogP contribution in [0, 0.1) is 11.8 Å². The summed E-state index contributed by atoms with van der Waals surface area (Å²) in [4.78, 5) is 26.9. The minimum absolute atomic E-state index is 0.0320. The smallest absolute Gasteiger partial charge is 0.276 e. The number of carbonyl (C=O) groups excluding carboxylic acids is 2. The number of carbonyl (C=O) groups is 2. The van der Waals surface area contributed by atoms with Crippen LogP contribution in [0.2, 0.25) is 0 Å². The number of amides is 2. The molecule has 2 amide bonds. The standard InChI is InChI=1S/C23H31N3O5/c1-15(2)14-26(10-9-22(27)24-13-16-5-6-16)23(28)19-12-21(31-25-19)18-11-17(29-3)7-8-20(18)30-4/h7-8,11-12,15-16H,5-6,9-10,13-14H2,1-4H3,(H,24,27). The Morgan fingerprint density at radius 2 is 2.00 bits per heavy atom. The number of hydrogen-bond donors (Lipinski definition) is 1. The Bertz CT molecular complexity index is 904. The van der Waals surface area contributed by atoms with Gasteiger partial charge in [-0.3, -0.25) is 9.59 Å². The molecule has 0 bridgehead atoms. The van der Waals surface area contributed by atoms with Crippen LogP contribution >= 0.6 is 0 Å². The molecule has 0 spiro atoms. The van der Waals surface area contributed by atoms with Crippen LogP contribution in [0.4, 0.5) is 0 Å². The van der Waals surface area contributed by atoms with Crippen LogP contribution < -0.4 is 14.8 Å². The van der Waals surface area contributed by atoms with E-state index >= 15 is 0 Å². The normalized spacial score (nSPS) is 13.2. The monoisotopic (exact) mass is 429 g/mol. The van der Waals surface area contributed by atoms with Gasteiger partial charge in [0.15, 0.2) is 11.5 Å². The average molecular weight is 430 g/mol. The Morgan fingerprint density at radius 1 is 1.23 bits per heavy atom. The number of nitrogens with one attached hydrogen (secondary N) is 1. The fourth-order valence-corrected chi connectivity index (χ4v) is 3.29. The lowest BCUT2D eigenvalue weighted by atomic mass is 10.1. The van der Waals surface area contributed by atoms with E-state index in [2.05, 4.69) is 10.5 Å². The molecule has 31 heavy (non-hydrogen) atoms. The number of nitrogens with zero attached hydrogens (tertiary/aromatic N) is 2. The van der Waals surface area contributed by atoms with Crippen molar-refractivity contribution in [3.05, 3.63) is 30.0 Å². The van der Waals surface area contributed by atoms with Gasteiger partial charge in [-0.25, -0.2) is 0 Å². The Kier molecular flexibility index (Phi) is 7.55. The highest BCUT2D eigenvalue weighted by Crippen LogP contribution is 2.34. The first-order valence-electron chi connectivity index (χ1n) is 10.7. The topological polar surface area (TPSA) is 93.9 Å². The molecule has 1 saturated carbocycles. The molecule has 168 valence electrons. The maximum absolute atomic E-state index is 13.1. The van der Waals surface area contributed by atoms with Gasteiger partial charge in [-0.05, 0) is 42.9 Å². The quantitative estimate of drug-likeness (QED) is 0.589. The first-order chi connectivity index (χ1) is 14.9. The van der Waals surface area contributed by atoms with Gasteiger partial charge in [0.1, 0.15) is 11.5 Å². The Morgan fingerprint density at radius 3 is 2.65 bits per heavy atom. The van der Waals surface area contributed by atoms with E-state index in [0.717, 1.165) is 6.54 Å². The van der Waals surface area contributed by atoms with Gasteiger partial charge in [-0.15, -0.1) is 0 Å². The van der Waals surface area contributed by atoms with Gasteiger partial charge >= 0.3 is 0 Å². The summed E-state index contributed by atoms with van der Waals surface area (Å²) < 4.78 is 16.1. The summed E-state index contributed by atoms with van der Waals surface area (Å²) in [5.41, 5.74) is 0.835. The molecule has 1 aliphatic rings. The zero-order chi connectivity index (χ0) is 22.4. The van der Waals surface area contributed by atoms with Crippen molar-refractivity contribution in [1.82, 2.24) is 15.4 Å². The molecule has 1 aliphatic carbocycles. The maximum atomic E-state index is 13.1. The molecular formula is C23H31N3O5. The molecule has 2 aromatic rings. The van der Waals surface area contributed by atoms with Crippen molar-refractivity contribution in [3.8, 4) is 22.8 Å². The van der Waals surface area contributed by atoms with E-state index in [1.54, 1.807) is 43.4 Å². The summed E-state index contributed by atoms with van der Waals surface area (Å²) in [5.74, 6) is 2.21. The van der Waals surface area contributed by atoms with Crippen molar-refractivity contribution in [2.45, 2.75) is 33.1 Å². The number of hydrogen-bond acceptors (Lipinski definition) is 6.